The van der Waals surface area contributed by atoms with E-state index in [1.165, 1.54) is 27.8 Å². The maximum Gasteiger partial charge on any atom is 0.164 e. The largest absolute Gasteiger partial charge is 0.455 e. The predicted molar refractivity (Wildman–Crippen MR) is 186 cm³/mol. The third-order valence-corrected chi connectivity index (χ3v) is 9.35. The minimum absolute atomic E-state index is 0.0691. The van der Waals surface area contributed by atoms with Gasteiger partial charge in [-0.15, -0.1) is 0 Å². The molecule has 0 saturated carbocycles. The molecule has 0 atom stereocenters. The van der Waals surface area contributed by atoms with E-state index >= 15 is 0 Å². The number of hydrogen-bond acceptors (Lipinski definition) is 4. The molecule has 6 aromatic carbocycles. The molecule has 46 heavy (non-hydrogen) atoms. The lowest BCUT2D eigenvalue weighted by Crippen LogP contribution is -2.14. The molecular formula is C42H29N3O. The van der Waals surface area contributed by atoms with Crippen molar-refractivity contribution in [3.63, 3.8) is 0 Å². The molecule has 0 N–H and O–H groups in total. The Balaban J connectivity index is 1.22. The van der Waals surface area contributed by atoms with Gasteiger partial charge in [-0.05, 0) is 39.9 Å². The first-order chi connectivity index (χ1) is 22.6. The molecule has 2 aromatic heterocycles. The van der Waals surface area contributed by atoms with Crippen LogP contribution in [-0.2, 0) is 5.41 Å². The van der Waals surface area contributed by atoms with Gasteiger partial charge in [0.2, 0.25) is 0 Å². The van der Waals surface area contributed by atoms with Gasteiger partial charge in [0.25, 0.3) is 0 Å². The van der Waals surface area contributed by atoms with E-state index in [9.17, 15) is 0 Å². The lowest BCUT2D eigenvalue weighted by Gasteiger charge is -2.21. The Morgan fingerprint density at radius 3 is 1.74 bits per heavy atom. The van der Waals surface area contributed by atoms with E-state index in [1.807, 2.05) is 60.7 Å². The van der Waals surface area contributed by atoms with Gasteiger partial charge in [-0.1, -0.05) is 141 Å². The highest BCUT2D eigenvalue weighted by Crippen LogP contribution is 2.53. The standard InChI is InChI=1S/C42H29N3O/c1-42(2)34-21-10-9-17-33(34)37-30(18-12-22-35(37)42)32-20-11-19-31-29-24-23-28(25-36(29)46-38(31)32)41-44-39(26-13-5-3-6-14-26)43-40(45-41)27-15-7-4-8-16-27/h3-25H,1-2H3. The number of aromatic nitrogens is 3. The summed E-state index contributed by atoms with van der Waals surface area (Å²) in [7, 11) is 0. The minimum atomic E-state index is -0.0691. The first kappa shape index (κ1) is 26.5. The summed E-state index contributed by atoms with van der Waals surface area (Å²) >= 11 is 0. The molecule has 9 rings (SSSR count). The normalized spacial score (nSPS) is 13.2. The summed E-state index contributed by atoms with van der Waals surface area (Å²) in [5.41, 5.74) is 12.0. The average molecular weight is 592 g/mol. The quantitative estimate of drug-likeness (QED) is 0.204. The number of rotatable bonds is 4. The van der Waals surface area contributed by atoms with Gasteiger partial charge in [-0.2, -0.15) is 0 Å². The van der Waals surface area contributed by atoms with Crippen molar-refractivity contribution in [2.75, 3.05) is 0 Å². The molecule has 218 valence electrons. The summed E-state index contributed by atoms with van der Waals surface area (Å²) in [6.07, 6.45) is 0. The highest BCUT2D eigenvalue weighted by Gasteiger charge is 2.36. The summed E-state index contributed by atoms with van der Waals surface area (Å²) < 4.78 is 6.76. The molecule has 0 spiro atoms. The Morgan fingerprint density at radius 2 is 1.02 bits per heavy atom. The van der Waals surface area contributed by atoms with E-state index in [4.69, 9.17) is 19.4 Å². The third kappa shape index (κ3) is 4.04. The van der Waals surface area contributed by atoms with Crippen LogP contribution >= 0.6 is 0 Å². The Labute approximate surface area is 267 Å². The molecular weight excluding hydrogens is 562 g/mol. The van der Waals surface area contributed by atoms with Gasteiger partial charge in [-0.25, -0.2) is 15.0 Å². The smallest absolute Gasteiger partial charge is 0.164 e. The van der Waals surface area contributed by atoms with Gasteiger partial charge < -0.3 is 4.42 Å². The number of benzene rings is 6. The summed E-state index contributed by atoms with van der Waals surface area (Å²) in [5.74, 6) is 1.88. The van der Waals surface area contributed by atoms with Gasteiger partial charge in [-0.3, -0.25) is 0 Å². The van der Waals surface area contributed by atoms with Crippen molar-refractivity contribution in [1.29, 1.82) is 0 Å². The molecule has 0 radical (unpaired) electrons. The second kappa shape index (κ2) is 10.1. The number of para-hydroxylation sites is 1. The van der Waals surface area contributed by atoms with Crippen LogP contribution < -0.4 is 0 Å². The summed E-state index contributed by atoms with van der Waals surface area (Å²) in [5, 5.41) is 2.15. The second-order valence-electron chi connectivity index (χ2n) is 12.4. The highest BCUT2D eigenvalue weighted by atomic mass is 16.3. The topological polar surface area (TPSA) is 51.8 Å². The van der Waals surface area contributed by atoms with Crippen molar-refractivity contribution in [3.05, 3.63) is 151 Å². The van der Waals surface area contributed by atoms with Crippen LogP contribution in [0.15, 0.2) is 144 Å². The number of furan rings is 1. The molecule has 1 aliphatic carbocycles. The molecule has 0 aliphatic heterocycles. The average Bonchev–Trinajstić information content (AvgIpc) is 3.61. The predicted octanol–water partition coefficient (Wildman–Crippen LogP) is 10.7. The van der Waals surface area contributed by atoms with Crippen molar-refractivity contribution < 1.29 is 4.42 Å². The van der Waals surface area contributed by atoms with Gasteiger partial charge in [0.1, 0.15) is 11.2 Å². The molecule has 4 nitrogen and oxygen atoms in total. The molecule has 8 aromatic rings. The van der Waals surface area contributed by atoms with Crippen molar-refractivity contribution in [2.24, 2.45) is 0 Å². The van der Waals surface area contributed by atoms with Crippen LogP contribution in [0.3, 0.4) is 0 Å². The Kier molecular flexibility index (Phi) is 5.81. The van der Waals surface area contributed by atoms with Gasteiger partial charge in [0.05, 0.1) is 0 Å². The molecule has 1 aliphatic rings. The van der Waals surface area contributed by atoms with Crippen molar-refractivity contribution in [2.45, 2.75) is 19.3 Å². The lowest BCUT2D eigenvalue weighted by molar-refractivity contribution is 0.660. The second-order valence-corrected chi connectivity index (χ2v) is 12.4. The zero-order valence-electron chi connectivity index (χ0n) is 25.5. The Morgan fingerprint density at radius 1 is 0.457 bits per heavy atom. The van der Waals surface area contributed by atoms with E-state index < -0.39 is 0 Å². The third-order valence-electron chi connectivity index (χ3n) is 9.35. The molecule has 0 unspecified atom stereocenters. The fourth-order valence-corrected chi connectivity index (χ4v) is 7.07. The number of hydrogen-bond donors (Lipinski definition) is 0. The fraction of sp³-hybridized carbons (Fsp3) is 0.0714. The zero-order valence-corrected chi connectivity index (χ0v) is 25.5. The molecule has 0 amide bonds. The molecule has 0 saturated heterocycles. The van der Waals surface area contributed by atoms with Crippen LogP contribution in [0.5, 0.6) is 0 Å². The first-order valence-corrected chi connectivity index (χ1v) is 15.6. The monoisotopic (exact) mass is 591 g/mol. The van der Waals surface area contributed by atoms with Crippen LogP contribution in [-0.4, -0.2) is 15.0 Å². The minimum Gasteiger partial charge on any atom is -0.455 e. The van der Waals surface area contributed by atoms with Crippen LogP contribution in [0.1, 0.15) is 25.0 Å². The number of nitrogens with zero attached hydrogens (tertiary/aromatic N) is 3. The number of fused-ring (bicyclic) bond motifs is 6. The highest BCUT2D eigenvalue weighted by molar-refractivity contribution is 6.11. The van der Waals surface area contributed by atoms with Crippen molar-refractivity contribution in [1.82, 2.24) is 15.0 Å². The zero-order chi connectivity index (χ0) is 30.8. The van der Waals surface area contributed by atoms with Crippen LogP contribution in [0.25, 0.3) is 78.4 Å². The van der Waals surface area contributed by atoms with E-state index in [1.54, 1.807) is 0 Å². The van der Waals surface area contributed by atoms with Crippen LogP contribution in [0, 0.1) is 0 Å². The Bertz CT molecular complexity index is 2380. The molecule has 0 bridgehead atoms. The fourth-order valence-electron chi connectivity index (χ4n) is 7.07. The maximum atomic E-state index is 6.76. The van der Waals surface area contributed by atoms with E-state index in [2.05, 4.69) is 92.7 Å². The van der Waals surface area contributed by atoms with E-state index in [-0.39, 0.29) is 5.41 Å². The van der Waals surface area contributed by atoms with Gasteiger partial charge in [0.15, 0.2) is 17.5 Å². The summed E-state index contributed by atoms with van der Waals surface area (Å²) in [4.78, 5) is 14.7. The van der Waals surface area contributed by atoms with E-state index in [0.717, 1.165) is 44.2 Å². The molecule has 2 heterocycles. The Hall–Kier alpha value is -5.87. The summed E-state index contributed by atoms with van der Waals surface area (Å²) in [6.45, 7) is 4.64. The summed E-state index contributed by atoms with van der Waals surface area (Å²) in [6, 6.07) is 48.3. The molecule has 4 heteroatoms. The van der Waals surface area contributed by atoms with Crippen molar-refractivity contribution in [3.8, 4) is 56.4 Å². The molecule has 0 fully saturated rings. The SMILES string of the molecule is CC1(C)c2ccccc2-c2c(-c3cccc4c3oc3cc(-c5nc(-c6ccccc6)nc(-c6ccccc6)n5)ccc34)cccc21. The maximum absolute atomic E-state index is 6.76. The van der Waals surface area contributed by atoms with Gasteiger partial charge in [0, 0.05) is 38.4 Å². The lowest BCUT2D eigenvalue weighted by atomic mass is 9.82. The van der Waals surface area contributed by atoms with Crippen LogP contribution in [0.4, 0.5) is 0 Å². The van der Waals surface area contributed by atoms with E-state index in [0.29, 0.717) is 17.5 Å². The van der Waals surface area contributed by atoms with Gasteiger partial charge >= 0.3 is 0 Å². The van der Waals surface area contributed by atoms with Crippen molar-refractivity contribution >= 4 is 21.9 Å². The van der Waals surface area contributed by atoms with Crippen LogP contribution in [0.2, 0.25) is 0 Å². The first-order valence-electron chi connectivity index (χ1n) is 15.6.